The number of halogens is 2. The van der Waals surface area contributed by atoms with Crippen LogP contribution in [-0.4, -0.2) is 5.11 Å². The number of rotatable bonds is 3. The molecular formula is C13H12F2OS. The molecular weight excluding hydrogens is 242 g/mol. The highest BCUT2D eigenvalue weighted by Gasteiger charge is 2.15. The molecule has 0 bridgehead atoms. The zero-order valence-corrected chi connectivity index (χ0v) is 10.1. The number of aliphatic hydroxyl groups is 1. The van der Waals surface area contributed by atoms with Gasteiger partial charge in [-0.2, -0.15) is 11.3 Å². The minimum absolute atomic E-state index is 0.0845. The van der Waals surface area contributed by atoms with Crippen LogP contribution in [0.4, 0.5) is 8.78 Å². The largest absolute Gasteiger partial charge is 0.388 e. The maximum Gasteiger partial charge on any atom is 0.162 e. The zero-order chi connectivity index (χ0) is 12.4. The lowest BCUT2D eigenvalue weighted by atomic mass is 10.0. The van der Waals surface area contributed by atoms with E-state index in [0.29, 0.717) is 0 Å². The number of thiophene rings is 1. The van der Waals surface area contributed by atoms with Gasteiger partial charge in [-0.25, -0.2) is 8.78 Å². The lowest BCUT2D eigenvalue weighted by Gasteiger charge is -2.11. The Bertz CT molecular complexity index is 522. The Kier molecular flexibility index (Phi) is 3.54. The highest BCUT2D eigenvalue weighted by molar-refractivity contribution is 7.08. The molecule has 0 saturated heterocycles. The molecule has 0 spiro atoms. The molecule has 17 heavy (non-hydrogen) atoms. The van der Waals surface area contributed by atoms with Gasteiger partial charge < -0.3 is 5.11 Å². The molecule has 1 unspecified atom stereocenters. The lowest BCUT2D eigenvalue weighted by Crippen LogP contribution is -2.04. The summed E-state index contributed by atoms with van der Waals surface area (Å²) in [5, 5.41) is 13.7. The van der Waals surface area contributed by atoms with Gasteiger partial charge in [0.15, 0.2) is 11.6 Å². The van der Waals surface area contributed by atoms with Crippen LogP contribution in [0, 0.1) is 18.6 Å². The Morgan fingerprint density at radius 3 is 2.71 bits per heavy atom. The normalized spacial score (nSPS) is 12.7. The van der Waals surface area contributed by atoms with Crippen LogP contribution in [0.1, 0.15) is 22.8 Å². The molecule has 1 nitrogen and oxygen atoms in total. The van der Waals surface area contributed by atoms with Crippen molar-refractivity contribution in [3.8, 4) is 0 Å². The Hall–Kier alpha value is -1.26. The second kappa shape index (κ2) is 4.94. The first-order chi connectivity index (χ1) is 8.09. The average Bonchev–Trinajstić information content (AvgIpc) is 2.71. The number of hydrogen-bond acceptors (Lipinski definition) is 2. The summed E-state index contributed by atoms with van der Waals surface area (Å²) in [4.78, 5) is 0. The van der Waals surface area contributed by atoms with E-state index < -0.39 is 17.7 Å². The third-order valence-corrected chi connectivity index (χ3v) is 3.58. The number of aryl methyl sites for hydroxylation is 1. The van der Waals surface area contributed by atoms with E-state index in [1.807, 2.05) is 17.7 Å². The van der Waals surface area contributed by atoms with Crippen LogP contribution in [0.25, 0.3) is 0 Å². The first kappa shape index (κ1) is 12.2. The molecule has 0 aliphatic heterocycles. The molecule has 0 aliphatic rings. The topological polar surface area (TPSA) is 20.2 Å². The summed E-state index contributed by atoms with van der Waals surface area (Å²) < 4.78 is 26.4. The zero-order valence-electron chi connectivity index (χ0n) is 9.28. The molecule has 2 aromatic rings. The van der Waals surface area contributed by atoms with Gasteiger partial charge in [-0.15, -0.1) is 0 Å². The van der Waals surface area contributed by atoms with Crippen LogP contribution in [0.15, 0.2) is 29.0 Å². The maximum absolute atomic E-state index is 13.4. The van der Waals surface area contributed by atoms with Gasteiger partial charge in [-0.3, -0.25) is 0 Å². The quantitative estimate of drug-likeness (QED) is 0.887. The fraction of sp³-hybridized carbons (Fsp3) is 0.231. The van der Waals surface area contributed by atoms with Crippen molar-refractivity contribution < 1.29 is 13.9 Å². The monoisotopic (exact) mass is 254 g/mol. The van der Waals surface area contributed by atoms with Crippen molar-refractivity contribution in [3.05, 3.63) is 57.3 Å². The molecule has 4 heteroatoms. The van der Waals surface area contributed by atoms with E-state index in [2.05, 4.69) is 0 Å². The number of aliphatic hydroxyl groups excluding tert-OH is 1. The standard InChI is InChI=1S/C13H12F2OS/c1-8-6-17-7-10(8)12(16)5-9-3-2-4-11(14)13(9)15/h2-4,6-7,12,16H,5H2,1H3. The lowest BCUT2D eigenvalue weighted by molar-refractivity contribution is 0.176. The van der Waals surface area contributed by atoms with Gasteiger partial charge in [0.1, 0.15) is 0 Å². The summed E-state index contributed by atoms with van der Waals surface area (Å²) in [6.07, 6.45) is -0.709. The predicted octanol–water partition coefficient (Wildman–Crippen LogP) is 3.61. The summed E-state index contributed by atoms with van der Waals surface area (Å²) in [7, 11) is 0. The van der Waals surface area contributed by atoms with E-state index >= 15 is 0 Å². The van der Waals surface area contributed by atoms with Gasteiger partial charge in [0.05, 0.1) is 6.10 Å². The van der Waals surface area contributed by atoms with Crippen molar-refractivity contribution in [1.82, 2.24) is 0 Å². The first-order valence-electron chi connectivity index (χ1n) is 5.23. The van der Waals surface area contributed by atoms with Crippen molar-refractivity contribution in [2.24, 2.45) is 0 Å². The van der Waals surface area contributed by atoms with Crippen molar-refractivity contribution >= 4 is 11.3 Å². The van der Waals surface area contributed by atoms with E-state index in [9.17, 15) is 13.9 Å². The average molecular weight is 254 g/mol. The number of benzene rings is 1. The van der Waals surface area contributed by atoms with Crippen LogP contribution in [0.5, 0.6) is 0 Å². The molecule has 1 atom stereocenters. The second-order valence-corrected chi connectivity index (χ2v) is 4.69. The Morgan fingerprint density at radius 2 is 2.06 bits per heavy atom. The summed E-state index contributed by atoms with van der Waals surface area (Å²) in [6, 6.07) is 4.01. The smallest absolute Gasteiger partial charge is 0.162 e. The van der Waals surface area contributed by atoms with Crippen LogP contribution in [0.3, 0.4) is 0 Å². The van der Waals surface area contributed by atoms with E-state index in [0.717, 1.165) is 17.2 Å². The summed E-state index contributed by atoms with van der Waals surface area (Å²) in [5.74, 6) is -1.75. The molecule has 0 fully saturated rings. The second-order valence-electron chi connectivity index (χ2n) is 3.94. The van der Waals surface area contributed by atoms with E-state index in [-0.39, 0.29) is 12.0 Å². The molecule has 1 N–H and O–H groups in total. The minimum atomic E-state index is -0.878. The van der Waals surface area contributed by atoms with E-state index in [4.69, 9.17) is 0 Å². The van der Waals surface area contributed by atoms with Gasteiger partial charge in [-0.1, -0.05) is 12.1 Å². The van der Waals surface area contributed by atoms with Gasteiger partial charge in [0.25, 0.3) is 0 Å². The third kappa shape index (κ3) is 2.53. The molecule has 0 amide bonds. The first-order valence-corrected chi connectivity index (χ1v) is 6.17. The molecule has 1 aromatic carbocycles. The fourth-order valence-electron chi connectivity index (χ4n) is 1.74. The van der Waals surface area contributed by atoms with Gasteiger partial charge in [-0.05, 0) is 40.4 Å². The molecule has 90 valence electrons. The van der Waals surface area contributed by atoms with Crippen molar-refractivity contribution in [1.29, 1.82) is 0 Å². The summed E-state index contributed by atoms with van der Waals surface area (Å²) >= 11 is 1.48. The van der Waals surface area contributed by atoms with Crippen molar-refractivity contribution in [3.63, 3.8) is 0 Å². The highest BCUT2D eigenvalue weighted by atomic mass is 32.1. The van der Waals surface area contributed by atoms with Crippen molar-refractivity contribution in [2.45, 2.75) is 19.4 Å². The molecule has 0 radical (unpaired) electrons. The highest BCUT2D eigenvalue weighted by Crippen LogP contribution is 2.26. The van der Waals surface area contributed by atoms with Crippen LogP contribution < -0.4 is 0 Å². The predicted molar refractivity (Wildman–Crippen MR) is 64.1 cm³/mol. The fourth-order valence-corrected chi connectivity index (χ4v) is 2.63. The minimum Gasteiger partial charge on any atom is -0.388 e. The maximum atomic E-state index is 13.4. The Labute approximate surface area is 102 Å². The summed E-state index contributed by atoms with van der Waals surface area (Å²) in [5.41, 5.74) is 1.95. The summed E-state index contributed by atoms with van der Waals surface area (Å²) in [6.45, 7) is 1.89. The molecule has 1 aromatic heterocycles. The van der Waals surface area contributed by atoms with E-state index in [1.165, 1.54) is 23.5 Å². The molecule has 1 heterocycles. The Balaban J connectivity index is 2.22. The van der Waals surface area contributed by atoms with Crippen LogP contribution in [0.2, 0.25) is 0 Å². The molecule has 0 saturated carbocycles. The Morgan fingerprint density at radius 1 is 1.29 bits per heavy atom. The molecule has 0 aliphatic carbocycles. The van der Waals surface area contributed by atoms with Crippen molar-refractivity contribution in [2.75, 3.05) is 0 Å². The van der Waals surface area contributed by atoms with Gasteiger partial charge in [0, 0.05) is 6.42 Å². The number of hydrogen-bond donors (Lipinski definition) is 1. The van der Waals surface area contributed by atoms with Crippen LogP contribution in [-0.2, 0) is 6.42 Å². The van der Waals surface area contributed by atoms with Gasteiger partial charge >= 0.3 is 0 Å². The van der Waals surface area contributed by atoms with Crippen LogP contribution >= 0.6 is 11.3 Å². The third-order valence-electron chi connectivity index (χ3n) is 2.70. The van der Waals surface area contributed by atoms with Gasteiger partial charge in [0.2, 0.25) is 0 Å². The SMILES string of the molecule is Cc1cscc1C(O)Cc1cccc(F)c1F. The van der Waals surface area contributed by atoms with E-state index in [1.54, 1.807) is 0 Å². The molecule has 2 rings (SSSR count).